The molecule has 2 unspecified atom stereocenters. The van der Waals surface area contributed by atoms with E-state index < -0.39 is 33.7 Å². The van der Waals surface area contributed by atoms with Crippen molar-refractivity contribution >= 4 is 9.84 Å². The Labute approximate surface area is 114 Å². The highest BCUT2D eigenvalue weighted by Crippen LogP contribution is 2.31. The second-order valence-electron chi connectivity index (χ2n) is 4.79. The van der Waals surface area contributed by atoms with Crippen LogP contribution in [0.4, 0.5) is 13.2 Å². The Morgan fingerprint density at radius 3 is 2.45 bits per heavy atom. The fraction of sp³-hybridized carbons (Fsp3) is 0.500. The zero-order chi connectivity index (χ0) is 15.0. The van der Waals surface area contributed by atoms with Crippen molar-refractivity contribution in [3.8, 4) is 0 Å². The molecule has 0 aromatic heterocycles. The molecule has 1 aromatic rings. The molecule has 2 atom stereocenters. The van der Waals surface area contributed by atoms with Gasteiger partial charge in [-0.15, -0.1) is 0 Å². The molecule has 20 heavy (non-hydrogen) atoms. The highest BCUT2D eigenvalue weighted by molar-refractivity contribution is 7.91. The second-order valence-corrected chi connectivity index (χ2v) is 6.94. The molecule has 1 aromatic carbocycles. The van der Waals surface area contributed by atoms with E-state index in [1.54, 1.807) is 0 Å². The minimum atomic E-state index is -4.46. The molecule has 112 valence electrons. The number of hydrogen-bond donors (Lipinski definition) is 2. The van der Waals surface area contributed by atoms with Gasteiger partial charge in [0.2, 0.25) is 0 Å². The molecule has 0 amide bonds. The van der Waals surface area contributed by atoms with Crippen molar-refractivity contribution in [3.63, 3.8) is 0 Å². The average molecular weight is 309 g/mol. The van der Waals surface area contributed by atoms with Crippen LogP contribution >= 0.6 is 0 Å². The first-order valence-electron chi connectivity index (χ1n) is 5.96. The van der Waals surface area contributed by atoms with E-state index >= 15 is 0 Å². The smallest absolute Gasteiger partial charge is 0.390 e. The van der Waals surface area contributed by atoms with Crippen molar-refractivity contribution in [1.82, 2.24) is 5.32 Å². The lowest BCUT2D eigenvalue weighted by atomic mass is 10.1. The van der Waals surface area contributed by atoms with Gasteiger partial charge in [0.15, 0.2) is 9.84 Å². The summed E-state index contributed by atoms with van der Waals surface area (Å²) >= 11 is 0. The number of nitrogens with one attached hydrogen (secondary N) is 1. The summed E-state index contributed by atoms with van der Waals surface area (Å²) in [4.78, 5) is 0. The summed E-state index contributed by atoms with van der Waals surface area (Å²) in [5.74, 6) is -0.617. The summed E-state index contributed by atoms with van der Waals surface area (Å²) < 4.78 is 60.9. The second kappa shape index (κ2) is 5.34. The van der Waals surface area contributed by atoms with Crippen LogP contribution in [0.25, 0.3) is 0 Å². The van der Waals surface area contributed by atoms with E-state index in [1.165, 1.54) is 18.2 Å². The zero-order valence-electron chi connectivity index (χ0n) is 10.4. The first kappa shape index (κ1) is 15.3. The van der Waals surface area contributed by atoms with Gasteiger partial charge in [0.25, 0.3) is 0 Å². The Balaban J connectivity index is 2.09. The Hall–Kier alpha value is -1.12. The Morgan fingerprint density at radius 2 is 1.90 bits per heavy atom. The fourth-order valence-electron chi connectivity index (χ4n) is 2.22. The number of sulfone groups is 1. The van der Waals surface area contributed by atoms with Crippen molar-refractivity contribution in [2.75, 3.05) is 11.5 Å². The summed E-state index contributed by atoms with van der Waals surface area (Å²) in [5.41, 5.74) is -0.737. The predicted molar refractivity (Wildman–Crippen MR) is 66.7 cm³/mol. The zero-order valence-corrected chi connectivity index (χ0v) is 11.2. The van der Waals surface area contributed by atoms with Gasteiger partial charge < -0.3 is 10.4 Å². The molecule has 8 heteroatoms. The van der Waals surface area contributed by atoms with E-state index in [2.05, 4.69) is 5.32 Å². The Kier molecular flexibility index (Phi) is 4.08. The van der Waals surface area contributed by atoms with Crippen LogP contribution in [0.15, 0.2) is 24.3 Å². The van der Waals surface area contributed by atoms with E-state index in [-0.39, 0.29) is 23.6 Å². The van der Waals surface area contributed by atoms with Crippen molar-refractivity contribution in [3.05, 3.63) is 35.4 Å². The summed E-state index contributed by atoms with van der Waals surface area (Å²) in [5, 5.41) is 12.3. The molecule has 0 aliphatic carbocycles. The van der Waals surface area contributed by atoms with Gasteiger partial charge in [0, 0.05) is 12.6 Å². The van der Waals surface area contributed by atoms with E-state index in [0.717, 1.165) is 6.07 Å². The van der Waals surface area contributed by atoms with Gasteiger partial charge in [-0.2, -0.15) is 13.2 Å². The molecule has 0 radical (unpaired) electrons. The molecule has 1 aliphatic heterocycles. The van der Waals surface area contributed by atoms with E-state index in [4.69, 9.17) is 0 Å². The standard InChI is InChI=1S/C12H14F3NO3S/c13-12(14,15)9-4-2-1-3-8(9)5-16-10-6-20(18,19)7-11(10)17/h1-4,10-11,16-17H,5-7H2. The summed E-state index contributed by atoms with van der Waals surface area (Å²) in [7, 11) is -3.32. The van der Waals surface area contributed by atoms with Gasteiger partial charge in [-0.3, -0.25) is 0 Å². The third kappa shape index (κ3) is 3.50. The normalized spacial score (nSPS) is 25.8. The molecular formula is C12H14F3NO3S. The Bertz CT molecular complexity index is 586. The molecule has 0 bridgehead atoms. The number of aliphatic hydroxyl groups excluding tert-OH is 1. The van der Waals surface area contributed by atoms with Crippen LogP contribution < -0.4 is 5.32 Å². The molecular weight excluding hydrogens is 295 g/mol. The topological polar surface area (TPSA) is 66.4 Å². The number of alkyl halides is 3. The van der Waals surface area contributed by atoms with Crippen LogP contribution in [-0.2, 0) is 22.6 Å². The van der Waals surface area contributed by atoms with Crippen LogP contribution in [0.5, 0.6) is 0 Å². The van der Waals surface area contributed by atoms with Crippen molar-refractivity contribution in [2.24, 2.45) is 0 Å². The summed E-state index contributed by atoms with van der Waals surface area (Å²) in [6, 6.07) is 4.33. The molecule has 0 saturated carbocycles. The molecule has 1 fully saturated rings. The lowest BCUT2D eigenvalue weighted by Crippen LogP contribution is -2.38. The first-order valence-corrected chi connectivity index (χ1v) is 7.78. The first-order chi connectivity index (χ1) is 9.19. The highest BCUT2D eigenvalue weighted by atomic mass is 32.2. The van der Waals surface area contributed by atoms with Gasteiger partial charge >= 0.3 is 6.18 Å². The lowest BCUT2D eigenvalue weighted by molar-refractivity contribution is -0.138. The van der Waals surface area contributed by atoms with Crippen molar-refractivity contribution < 1.29 is 26.7 Å². The van der Waals surface area contributed by atoms with E-state index in [1.807, 2.05) is 0 Å². The minimum Gasteiger partial charge on any atom is -0.390 e. The molecule has 0 spiro atoms. The molecule has 2 rings (SSSR count). The number of halogens is 3. The Morgan fingerprint density at radius 1 is 1.25 bits per heavy atom. The average Bonchev–Trinajstić information content (AvgIpc) is 2.59. The largest absolute Gasteiger partial charge is 0.416 e. The predicted octanol–water partition coefficient (Wildman–Crippen LogP) is 0.953. The minimum absolute atomic E-state index is 0.0245. The van der Waals surface area contributed by atoms with Gasteiger partial charge in [0.05, 0.1) is 23.2 Å². The maximum Gasteiger partial charge on any atom is 0.416 e. The molecule has 2 N–H and O–H groups in total. The van der Waals surface area contributed by atoms with Gasteiger partial charge in [-0.05, 0) is 11.6 Å². The van der Waals surface area contributed by atoms with Crippen LogP contribution in [0.2, 0.25) is 0 Å². The SMILES string of the molecule is O=S1(=O)CC(O)C(NCc2ccccc2C(F)(F)F)C1. The van der Waals surface area contributed by atoms with Crippen molar-refractivity contribution in [2.45, 2.75) is 24.9 Å². The van der Waals surface area contributed by atoms with Crippen LogP contribution in [-0.4, -0.2) is 37.2 Å². The van der Waals surface area contributed by atoms with Gasteiger partial charge in [0.1, 0.15) is 0 Å². The van der Waals surface area contributed by atoms with E-state index in [9.17, 15) is 26.7 Å². The van der Waals surface area contributed by atoms with E-state index in [0.29, 0.717) is 0 Å². The lowest BCUT2D eigenvalue weighted by Gasteiger charge is -2.17. The molecule has 1 aliphatic rings. The monoisotopic (exact) mass is 309 g/mol. The number of benzene rings is 1. The van der Waals surface area contributed by atoms with Crippen LogP contribution in [0, 0.1) is 0 Å². The number of hydrogen-bond acceptors (Lipinski definition) is 4. The van der Waals surface area contributed by atoms with Gasteiger partial charge in [-0.1, -0.05) is 18.2 Å². The maximum absolute atomic E-state index is 12.8. The third-order valence-corrected chi connectivity index (χ3v) is 4.92. The van der Waals surface area contributed by atoms with Gasteiger partial charge in [-0.25, -0.2) is 8.42 Å². The quantitative estimate of drug-likeness (QED) is 0.872. The molecule has 4 nitrogen and oxygen atoms in total. The number of rotatable bonds is 3. The summed E-state index contributed by atoms with van der Waals surface area (Å²) in [6.07, 6.45) is -5.54. The molecule has 1 saturated heterocycles. The summed E-state index contributed by atoms with van der Waals surface area (Å²) in [6.45, 7) is -0.146. The fourth-order valence-corrected chi connectivity index (χ4v) is 3.99. The van der Waals surface area contributed by atoms with Crippen molar-refractivity contribution in [1.29, 1.82) is 0 Å². The third-order valence-electron chi connectivity index (χ3n) is 3.20. The maximum atomic E-state index is 12.8. The van der Waals surface area contributed by atoms with Crippen LogP contribution in [0.1, 0.15) is 11.1 Å². The number of aliphatic hydroxyl groups is 1. The van der Waals surface area contributed by atoms with Crippen LogP contribution in [0.3, 0.4) is 0 Å². The highest BCUT2D eigenvalue weighted by Gasteiger charge is 2.37. The molecule has 1 heterocycles.